The summed E-state index contributed by atoms with van der Waals surface area (Å²) in [5, 5.41) is 4.47. The molecule has 0 bridgehead atoms. The van der Waals surface area contributed by atoms with Gasteiger partial charge in [0.15, 0.2) is 12.4 Å². The lowest BCUT2D eigenvalue weighted by atomic mass is 10.0. The van der Waals surface area contributed by atoms with Gasteiger partial charge < -0.3 is 9.26 Å². The minimum atomic E-state index is -0.481. The molecule has 0 saturated carbocycles. The quantitative estimate of drug-likeness (QED) is 0.418. The predicted octanol–water partition coefficient (Wildman–Crippen LogP) is 4.59. The summed E-state index contributed by atoms with van der Waals surface area (Å²) < 4.78 is 10.2. The number of benzene rings is 2. The molecule has 0 radical (unpaired) electrons. The molecule has 0 spiro atoms. The fraction of sp³-hybridized carbons (Fsp3) is 0.273. The SMILES string of the molecule is O=C(CCC(=O)c1ccc2c(c1)CCC2)OCc1nc(-c2ccc(Cl)cc2)no1. The summed E-state index contributed by atoms with van der Waals surface area (Å²) in [5.41, 5.74) is 3.96. The van der Waals surface area contributed by atoms with Crippen LogP contribution in [0.2, 0.25) is 5.02 Å². The first-order valence-electron chi connectivity index (χ1n) is 9.47. The monoisotopic (exact) mass is 410 g/mol. The Kier molecular flexibility index (Phi) is 5.71. The molecule has 4 rings (SSSR count). The van der Waals surface area contributed by atoms with E-state index in [1.54, 1.807) is 24.3 Å². The van der Waals surface area contributed by atoms with E-state index in [-0.39, 0.29) is 31.1 Å². The number of ether oxygens (including phenoxy) is 1. The Morgan fingerprint density at radius 2 is 1.83 bits per heavy atom. The molecule has 148 valence electrons. The summed E-state index contributed by atoms with van der Waals surface area (Å²) in [6, 6.07) is 12.8. The number of fused-ring (bicyclic) bond motifs is 1. The van der Waals surface area contributed by atoms with Gasteiger partial charge in [-0.05, 0) is 60.7 Å². The van der Waals surface area contributed by atoms with E-state index in [0.29, 0.717) is 16.4 Å². The molecule has 6 nitrogen and oxygen atoms in total. The molecule has 1 aromatic heterocycles. The zero-order valence-electron chi connectivity index (χ0n) is 15.7. The maximum absolute atomic E-state index is 12.3. The fourth-order valence-corrected chi connectivity index (χ4v) is 3.48. The molecular formula is C22H19ClN2O4. The highest BCUT2D eigenvalue weighted by molar-refractivity contribution is 6.30. The molecule has 0 fully saturated rings. The first-order chi connectivity index (χ1) is 14.1. The average Bonchev–Trinajstić information content (AvgIpc) is 3.40. The van der Waals surface area contributed by atoms with E-state index in [2.05, 4.69) is 10.1 Å². The lowest BCUT2D eigenvalue weighted by Crippen LogP contribution is -2.08. The molecule has 0 N–H and O–H groups in total. The van der Waals surface area contributed by atoms with Crippen molar-refractivity contribution in [1.29, 1.82) is 0 Å². The molecule has 1 aliphatic carbocycles. The minimum absolute atomic E-state index is 0.00803. The van der Waals surface area contributed by atoms with Crippen molar-refractivity contribution in [1.82, 2.24) is 10.1 Å². The lowest BCUT2D eigenvalue weighted by molar-refractivity contribution is -0.145. The second kappa shape index (κ2) is 8.57. The fourth-order valence-electron chi connectivity index (χ4n) is 3.35. The van der Waals surface area contributed by atoms with Crippen LogP contribution in [0, 0.1) is 0 Å². The van der Waals surface area contributed by atoms with E-state index < -0.39 is 5.97 Å². The molecule has 29 heavy (non-hydrogen) atoms. The van der Waals surface area contributed by atoms with Gasteiger partial charge in [-0.25, -0.2) is 0 Å². The van der Waals surface area contributed by atoms with Crippen LogP contribution in [-0.2, 0) is 29.0 Å². The third-order valence-corrected chi connectivity index (χ3v) is 5.16. The Bertz CT molecular complexity index is 1040. The standard InChI is InChI=1S/C22H19ClN2O4/c23-18-8-6-15(7-9-18)22-24-20(29-25-22)13-28-21(27)11-10-19(26)17-5-4-14-2-1-3-16(14)12-17/h4-9,12H,1-3,10-11,13H2. The van der Waals surface area contributed by atoms with Crippen LogP contribution in [0.1, 0.15) is 46.6 Å². The number of aryl methyl sites for hydroxylation is 2. The highest BCUT2D eigenvalue weighted by Gasteiger charge is 2.16. The topological polar surface area (TPSA) is 82.3 Å². The number of rotatable bonds is 7. The summed E-state index contributed by atoms with van der Waals surface area (Å²) in [4.78, 5) is 28.5. The van der Waals surface area contributed by atoms with Crippen LogP contribution in [0.3, 0.4) is 0 Å². The Morgan fingerprint density at radius 3 is 2.66 bits per heavy atom. The number of carbonyl (C=O) groups excluding carboxylic acids is 2. The van der Waals surface area contributed by atoms with Crippen LogP contribution in [0.25, 0.3) is 11.4 Å². The Labute approximate surface area is 172 Å². The van der Waals surface area contributed by atoms with Crippen molar-refractivity contribution in [3.8, 4) is 11.4 Å². The first kappa shape index (κ1) is 19.3. The molecule has 2 aromatic carbocycles. The van der Waals surface area contributed by atoms with Gasteiger partial charge in [-0.2, -0.15) is 4.98 Å². The van der Waals surface area contributed by atoms with Crippen molar-refractivity contribution >= 4 is 23.4 Å². The molecule has 0 amide bonds. The number of Topliss-reactive ketones (excluding diaryl/α,β-unsaturated/α-hetero) is 1. The molecule has 0 aliphatic heterocycles. The Balaban J connectivity index is 1.26. The number of aromatic nitrogens is 2. The van der Waals surface area contributed by atoms with Crippen LogP contribution in [-0.4, -0.2) is 21.9 Å². The van der Waals surface area contributed by atoms with E-state index in [0.717, 1.165) is 24.8 Å². The van der Waals surface area contributed by atoms with Crippen LogP contribution >= 0.6 is 11.6 Å². The molecule has 0 saturated heterocycles. The second-order valence-electron chi connectivity index (χ2n) is 6.94. The molecule has 3 aromatic rings. The van der Waals surface area contributed by atoms with E-state index in [4.69, 9.17) is 20.9 Å². The number of esters is 1. The number of hydrogen-bond donors (Lipinski definition) is 0. The van der Waals surface area contributed by atoms with Crippen molar-refractivity contribution in [2.24, 2.45) is 0 Å². The van der Waals surface area contributed by atoms with Gasteiger partial charge in [-0.1, -0.05) is 28.9 Å². The third kappa shape index (κ3) is 4.71. The van der Waals surface area contributed by atoms with Gasteiger partial charge in [-0.3, -0.25) is 9.59 Å². The van der Waals surface area contributed by atoms with E-state index in [1.165, 1.54) is 11.1 Å². The van der Waals surface area contributed by atoms with Gasteiger partial charge in [0.2, 0.25) is 5.82 Å². The number of carbonyl (C=O) groups is 2. The molecular weight excluding hydrogens is 392 g/mol. The van der Waals surface area contributed by atoms with Crippen LogP contribution in [0.5, 0.6) is 0 Å². The summed E-state index contributed by atoms with van der Waals surface area (Å²) in [5.74, 6) is 0.0398. The molecule has 1 aliphatic rings. The minimum Gasteiger partial charge on any atom is -0.456 e. The number of nitrogens with zero attached hydrogens (tertiary/aromatic N) is 2. The number of ketones is 1. The summed E-state index contributed by atoms with van der Waals surface area (Å²) in [7, 11) is 0. The summed E-state index contributed by atoms with van der Waals surface area (Å²) >= 11 is 5.86. The second-order valence-corrected chi connectivity index (χ2v) is 7.38. The maximum atomic E-state index is 12.3. The highest BCUT2D eigenvalue weighted by Crippen LogP contribution is 2.23. The van der Waals surface area contributed by atoms with Crippen molar-refractivity contribution in [2.75, 3.05) is 0 Å². The van der Waals surface area contributed by atoms with E-state index in [9.17, 15) is 9.59 Å². The molecule has 0 unspecified atom stereocenters. The largest absolute Gasteiger partial charge is 0.456 e. The van der Waals surface area contributed by atoms with Gasteiger partial charge in [0.05, 0.1) is 6.42 Å². The van der Waals surface area contributed by atoms with Crippen LogP contribution in [0.15, 0.2) is 47.0 Å². The summed E-state index contributed by atoms with van der Waals surface area (Å²) in [6.45, 7) is -0.132. The Hall–Kier alpha value is -2.99. The van der Waals surface area contributed by atoms with Gasteiger partial charge >= 0.3 is 5.97 Å². The van der Waals surface area contributed by atoms with Crippen molar-refractivity contribution < 1.29 is 18.8 Å². The molecule has 0 atom stereocenters. The third-order valence-electron chi connectivity index (χ3n) is 4.90. The average molecular weight is 411 g/mol. The highest BCUT2D eigenvalue weighted by atomic mass is 35.5. The van der Waals surface area contributed by atoms with Crippen molar-refractivity contribution in [3.63, 3.8) is 0 Å². The molecule has 7 heteroatoms. The van der Waals surface area contributed by atoms with Crippen molar-refractivity contribution in [2.45, 2.75) is 38.7 Å². The first-order valence-corrected chi connectivity index (χ1v) is 9.85. The zero-order valence-corrected chi connectivity index (χ0v) is 16.4. The van der Waals surface area contributed by atoms with Crippen LogP contribution < -0.4 is 0 Å². The molecule has 1 heterocycles. The zero-order chi connectivity index (χ0) is 20.2. The normalized spacial score (nSPS) is 12.6. The van der Waals surface area contributed by atoms with Gasteiger partial charge in [0.1, 0.15) is 0 Å². The van der Waals surface area contributed by atoms with Gasteiger partial charge in [0, 0.05) is 22.6 Å². The smallest absolute Gasteiger partial charge is 0.306 e. The summed E-state index contributed by atoms with van der Waals surface area (Å²) in [6.07, 6.45) is 3.34. The van der Waals surface area contributed by atoms with E-state index >= 15 is 0 Å². The number of halogens is 1. The number of hydrogen-bond acceptors (Lipinski definition) is 6. The van der Waals surface area contributed by atoms with Crippen molar-refractivity contribution in [3.05, 3.63) is 70.1 Å². The van der Waals surface area contributed by atoms with Gasteiger partial charge in [-0.15, -0.1) is 0 Å². The van der Waals surface area contributed by atoms with E-state index in [1.807, 2.05) is 18.2 Å². The van der Waals surface area contributed by atoms with Gasteiger partial charge in [0.25, 0.3) is 5.89 Å². The maximum Gasteiger partial charge on any atom is 0.306 e. The predicted molar refractivity (Wildman–Crippen MR) is 107 cm³/mol. The Morgan fingerprint density at radius 1 is 1.03 bits per heavy atom. The lowest BCUT2D eigenvalue weighted by Gasteiger charge is -2.05. The van der Waals surface area contributed by atoms with Crippen LogP contribution in [0.4, 0.5) is 0 Å².